The van der Waals surface area contributed by atoms with E-state index in [9.17, 15) is 9.90 Å². The highest BCUT2D eigenvalue weighted by Crippen LogP contribution is 2.35. The van der Waals surface area contributed by atoms with Gasteiger partial charge < -0.3 is 19.3 Å². The topological polar surface area (TPSA) is 54.7 Å². The molecule has 1 aliphatic rings. The fourth-order valence-corrected chi connectivity index (χ4v) is 3.31. The van der Waals surface area contributed by atoms with Crippen LogP contribution in [0.2, 0.25) is 0 Å². The van der Waals surface area contributed by atoms with Gasteiger partial charge >= 0.3 is 0 Å². The Bertz CT molecular complexity index is 703. The molecular weight excluding hydrogens is 292 g/mol. The highest BCUT2D eigenvalue weighted by Gasteiger charge is 2.37. The molecule has 0 spiro atoms. The summed E-state index contributed by atoms with van der Waals surface area (Å²) < 4.78 is 7.12. The van der Waals surface area contributed by atoms with Crippen molar-refractivity contribution in [1.82, 2.24) is 9.47 Å². The molecule has 2 aromatic rings. The van der Waals surface area contributed by atoms with Gasteiger partial charge in [-0.25, -0.2) is 0 Å². The molecule has 0 unspecified atom stereocenters. The van der Waals surface area contributed by atoms with Crippen LogP contribution in [0.3, 0.4) is 0 Å². The number of hydrogen-bond acceptors (Lipinski definition) is 3. The first-order valence-corrected chi connectivity index (χ1v) is 7.76. The molecule has 1 amide bonds. The largest absolute Gasteiger partial charge is 0.497 e. The third-order valence-corrected chi connectivity index (χ3v) is 4.50. The van der Waals surface area contributed by atoms with E-state index in [4.69, 9.17) is 4.74 Å². The maximum absolute atomic E-state index is 13.0. The first-order valence-electron chi connectivity index (χ1n) is 7.76. The van der Waals surface area contributed by atoms with Crippen molar-refractivity contribution in [3.05, 3.63) is 53.3 Å². The van der Waals surface area contributed by atoms with E-state index in [0.29, 0.717) is 18.7 Å². The molecule has 0 bridgehead atoms. The van der Waals surface area contributed by atoms with Crippen molar-refractivity contribution >= 4 is 5.91 Å². The molecule has 1 fully saturated rings. The molecule has 0 aliphatic carbocycles. The number of likely N-dealkylation sites (tertiary alicyclic amines) is 1. The summed E-state index contributed by atoms with van der Waals surface area (Å²) in [6.45, 7) is 2.28. The summed E-state index contributed by atoms with van der Waals surface area (Å²) in [5, 5.41) is 10.1. The van der Waals surface area contributed by atoms with Crippen molar-refractivity contribution in [3.63, 3.8) is 0 Å². The van der Waals surface area contributed by atoms with Crippen molar-refractivity contribution < 1.29 is 14.6 Å². The second-order valence-electron chi connectivity index (χ2n) is 6.10. The van der Waals surface area contributed by atoms with Gasteiger partial charge in [0.25, 0.3) is 5.91 Å². The smallest absolute Gasteiger partial charge is 0.271 e. The van der Waals surface area contributed by atoms with Crippen LogP contribution in [0.25, 0.3) is 0 Å². The van der Waals surface area contributed by atoms with Crippen LogP contribution in [0.5, 0.6) is 5.75 Å². The normalized spacial score (nSPS) is 20.8. The van der Waals surface area contributed by atoms with Gasteiger partial charge in [-0.05, 0) is 42.7 Å². The average Bonchev–Trinajstić information content (AvgIpc) is 3.09. The Hall–Kier alpha value is -2.27. The molecule has 2 atom stereocenters. The van der Waals surface area contributed by atoms with Gasteiger partial charge in [-0.2, -0.15) is 0 Å². The molecule has 1 aromatic carbocycles. The van der Waals surface area contributed by atoms with Gasteiger partial charge in [0.05, 0.1) is 19.3 Å². The number of β-amino-alcohol motifs (C(OH)–C–C–N with tert-alkyl or cyclic N) is 1. The third kappa shape index (κ3) is 2.84. The van der Waals surface area contributed by atoms with E-state index in [-0.39, 0.29) is 11.9 Å². The molecule has 2 heterocycles. The average molecular weight is 314 g/mol. The van der Waals surface area contributed by atoms with Gasteiger partial charge in [0.2, 0.25) is 0 Å². The van der Waals surface area contributed by atoms with Crippen molar-refractivity contribution in [1.29, 1.82) is 0 Å². The Kier molecular flexibility index (Phi) is 4.13. The van der Waals surface area contributed by atoms with Gasteiger partial charge in [-0.1, -0.05) is 12.1 Å². The molecule has 1 aromatic heterocycles. The number of aliphatic hydroxyl groups is 1. The van der Waals surface area contributed by atoms with E-state index in [1.807, 2.05) is 55.1 Å². The summed E-state index contributed by atoms with van der Waals surface area (Å²) in [5.74, 6) is 0.714. The molecule has 0 radical (unpaired) electrons. The Morgan fingerprint density at radius 2 is 2.13 bits per heavy atom. The van der Waals surface area contributed by atoms with Gasteiger partial charge in [0.1, 0.15) is 11.4 Å². The minimum Gasteiger partial charge on any atom is -0.497 e. The standard InChI is InChI=1S/C18H22N2O3/c1-12-7-8-19(2)17(12)18(22)20-11-14(21)10-16(20)13-5-4-6-15(9-13)23-3/h4-9,14,16,21H,10-11H2,1-3H3/t14-,16-/m1/s1. The first kappa shape index (κ1) is 15.6. The SMILES string of the molecule is COc1cccc([C@H]2C[C@@H](O)CN2C(=O)c2c(C)ccn2C)c1. The van der Waals surface area contributed by atoms with Gasteiger partial charge in [-0.3, -0.25) is 4.79 Å². The van der Waals surface area contributed by atoms with Crippen LogP contribution < -0.4 is 4.74 Å². The monoisotopic (exact) mass is 314 g/mol. The maximum atomic E-state index is 13.0. The van der Waals surface area contributed by atoms with Crippen LogP contribution in [-0.4, -0.2) is 40.2 Å². The van der Waals surface area contributed by atoms with E-state index in [0.717, 1.165) is 16.9 Å². The van der Waals surface area contributed by atoms with Crippen molar-refractivity contribution in [2.75, 3.05) is 13.7 Å². The van der Waals surface area contributed by atoms with Crippen molar-refractivity contribution in [2.45, 2.75) is 25.5 Å². The van der Waals surface area contributed by atoms with Crippen LogP contribution in [0.4, 0.5) is 0 Å². The van der Waals surface area contributed by atoms with Gasteiger partial charge in [0.15, 0.2) is 0 Å². The number of hydrogen-bond donors (Lipinski definition) is 1. The van der Waals surface area contributed by atoms with E-state index >= 15 is 0 Å². The van der Waals surface area contributed by atoms with Crippen molar-refractivity contribution in [3.8, 4) is 5.75 Å². The summed E-state index contributed by atoms with van der Waals surface area (Å²) in [7, 11) is 3.49. The predicted octanol–water partition coefficient (Wildman–Crippen LogP) is 2.29. The number of aryl methyl sites for hydroxylation is 2. The summed E-state index contributed by atoms with van der Waals surface area (Å²) in [4.78, 5) is 14.8. The minimum atomic E-state index is -0.504. The molecule has 23 heavy (non-hydrogen) atoms. The lowest BCUT2D eigenvalue weighted by Gasteiger charge is -2.25. The molecule has 1 saturated heterocycles. The molecule has 0 saturated carbocycles. The highest BCUT2D eigenvalue weighted by molar-refractivity contribution is 5.94. The molecular formula is C18H22N2O3. The molecule has 5 nitrogen and oxygen atoms in total. The number of rotatable bonds is 3. The van der Waals surface area contributed by atoms with E-state index in [1.165, 1.54) is 0 Å². The summed E-state index contributed by atoms with van der Waals surface area (Å²) >= 11 is 0. The summed E-state index contributed by atoms with van der Waals surface area (Å²) in [6, 6.07) is 9.49. The molecule has 122 valence electrons. The zero-order chi connectivity index (χ0) is 16.6. The first-order chi connectivity index (χ1) is 11.0. The number of amides is 1. The third-order valence-electron chi connectivity index (χ3n) is 4.50. The second kappa shape index (κ2) is 6.08. The lowest BCUT2D eigenvalue weighted by atomic mass is 10.0. The summed E-state index contributed by atoms with van der Waals surface area (Å²) in [6.07, 6.45) is 1.92. The van der Waals surface area contributed by atoms with E-state index in [1.54, 1.807) is 12.0 Å². The van der Waals surface area contributed by atoms with E-state index in [2.05, 4.69) is 0 Å². The zero-order valence-electron chi connectivity index (χ0n) is 13.7. The lowest BCUT2D eigenvalue weighted by molar-refractivity contribution is 0.0705. The number of methoxy groups -OCH3 is 1. The number of aromatic nitrogens is 1. The molecule has 5 heteroatoms. The lowest BCUT2D eigenvalue weighted by Crippen LogP contribution is -2.33. The molecule has 1 aliphatic heterocycles. The van der Waals surface area contributed by atoms with Crippen molar-refractivity contribution in [2.24, 2.45) is 7.05 Å². The van der Waals surface area contributed by atoms with Crippen LogP contribution >= 0.6 is 0 Å². The zero-order valence-corrected chi connectivity index (χ0v) is 13.7. The molecule has 1 N–H and O–H groups in total. The Morgan fingerprint density at radius 1 is 1.35 bits per heavy atom. The predicted molar refractivity (Wildman–Crippen MR) is 87.5 cm³/mol. The van der Waals surface area contributed by atoms with E-state index < -0.39 is 6.10 Å². The second-order valence-corrected chi connectivity index (χ2v) is 6.10. The molecule has 3 rings (SSSR count). The number of aliphatic hydroxyl groups excluding tert-OH is 1. The fraction of sp³-hybridized carbons (Fsp3) is 0.389. The fourth-order valence-electron chi connectivity index (χ4n) is 3.31. The van der Waals surface area contributed by atoms with Gasteiger partial charge in [-0.15, -0.1) is 0 Å². The Labute approximate surface area is 136 Å². The number of benzene rings is 1. The minimum absolute atomic E-state index is 0.0423. The van der Waals surface area contributed by atoms with Gasteiger partial charge in [0, 0.05) is 19.8 Å². The Morgan fingerprint density at radius 3 is 2.78 bits per heavy atom. The number of nitrogens with zero attached hydrogens (tertiary/aromatic N) is 2. The quantitative estimate of drug-likeness (QED) is 0.946. The van der Waals surface area contributed by atoms with Crippen LogP contribution in [0, 0.1) is 6.92 Å². The van der Waals surface area contributed by atoms with Crippen LogP contribution in [0.1, 0.15) is 34.1 Å². The number of ether oxygens (including phenoxy) is 1. The summed E-state index contributed by atoms with van der Waals surface area (Å²) in [5.41, 5.74) is 2.61. The highest BCUT2D eigenvalue weighted by atomic mass is 16.5. The maximum Gasteiger partial charge on any atom is 0.271 e. The van der Waals surface area contributed by atoms with Crippen LogP contribution in [-0.2, 0) is 7.05 Å². The number of carbonyl (C=O) groups is 1. The number of carbonyl (C=O) groups excluding carboxylic acids is 1. The Balaban J connectivity index is 1.95. The van der Waals surface area contributed by atoms with Crippen LogP contribution in [0.15, 0.2) is 36.5 Å².